The molecule has 1 nitrogen and oxygen atoms in total. The Labute approximate surface area is 63.8 Å². The highest BCUT2D eigenvalue weighted by Crippen LogP contribution is 2.20. The molecule has 0 bridgehead atoms. The van der Waals surface area contributed by atoms with E-state index in [1.165, 1.54) is 19.3 Å². The monoisotopic (exact) mass is 141 g/mol. The van der Waals surface area contributed by atoms with Gasteiger partial charge in [0.15, 0.2) is 0 Å². The van der Waals surface area contributed by atoms with Crippen LogP contribution in [0, 0.1) is 6.42 Å². The molecule has 0 N–H and O–H groups in total. The molecule has 1 rings (SSSR count). The molecule has 1 fully saturated rings. The van der Waals surface area contributed by atoms with Crippen molar-refractivity contribution >= 4 is 0 Å². The molecule has 1 saturated carbocycles. The molecule has 1 aliphatic rings. The standard InChI is InChI=1S/C9H17O/c1-8(2)10-9-6-4-3-5-7-9/h4,8-9H,3,5-7H2,1-2H3. The van der Waals surface area contributed by atoms with Gasteiger partial charge in [-0.2, -0.15) is 0 Å². The lowest BCUT2D eigenvalue weighted by Crippen LogP contribution is -2.20. The maximum atomic E-state index is 5.66. The van der Waals surface area contributed by atoms with Crippen LogP contribution in [-0.2, 0) is 4.74 Å². The summed E-state index contributed by atoms with van der Waals surface area (Å²) in [7, 11) is 0. The minimum absolute atomic E-state index is 0.400. The van der Waals surface area contributed by atoms with Crippen molar-refractivity contribution in [3.05, 3.63) is 6.42 Å². The van der Waals surface area contributed by atoms with E-state index in [-0.39, 0.29) is 0 Å². The van der Waals surface area contributed by atoms with Crippen LogP contribution >= 0.6 is 0 Å². The molecular formula is C9H17O. The lowest BCUT2D eigenvalue weighted by molar-refractivity contribution is -0.00365. The first kappa shape index (κ1) is 8.06. The topological polar surface area (TPSA) is 9.23 Å². The van der Waals surface area contributed by atoms with Crippen LogP contribution in [0.4, 0.5) is 0 Å². The van der Waals surface area contributed by atoms with Crippen molar-refractivity contribution in [2.75, 3.05) is 0 Å². The van der Waals surface area contributed by atoms with E-state index in [0.29, 0.717) is 12.2 Å². The highest BCUT2D eigenvalue weighted by molar-refractivity contribution is 4.78. The highest BCUT2D eigenvalue weighted by atomic mass is 16.5. The normalized spacial score (nSPS) is 21.9. The van der Waals surface area contributed by atoms with E-state index in [4.69, 9.17) is 4.74 Å². The molecule has 0 aromatic heterocycles. The van der Waals surface area contributed by atoms with E-state index in [2.05, 4.69) is 20.3 Å². The van der Waals surface area contributed by atoms with Gasteiger partial charge in [-0.25, -0.2) is 0 Å². The van der Waals surface area contributed by atoms with Gasteiger partial charge < -0.3 is 4.74 Å². The van der Waals surface area contributed by atoms with Gasteiger partial charge in [0.05, 0.1) is 12.2 Å². The Morgan fingerprint density at radius 1 is 1.50 bits per heavy atom. The van der Waals surface area contributed by atoms with E-state index in [1.54, 1.807) is 0 Å². The first-order valence-corrected chi connectivity index (χ1v) is 4.26. The van der Waals surface area contributed by atoms with Crippen molar-refractivity contribution < 1.29 is 4.74 Å². The summed E-state index contributed by atoms with van der Waals surface area (Å²) in [5.41, 5.74) is 0. The summed E-state index contributed by atoms with van der Waals surface area (Å²) in [4.78, 5) is 0. The Morgan fingerprint density at radius 2 is 2.30 bits per heavy atom. The molecule has 10 heavy (non-hydrogen) atoms. The van der Waals surface area contributed by atoms with Gasteiger partial charge in [0.25, 0.3) is 0 Å². The number of hydrogen-bond donors (Lipinski definition) is 0. The Kier molecular flexibility index (Phi) is 3.20. The summed E-state index contributed by atoms with van der Waals surface area (Å²) < 4.78 is 5.66. The molecule has 0 amide bonds. The summed E-state index contributed by atoms with van der Waals surface area (Å²) in [6.45, 7) is 4.21. The molecule has 0 aromatic rings. The largest absolute Gasteiger partial charge is 0.376 e. The van der Waals surface area contributed by atoms with Crippen LogP contribution in [0.15, 0.2) is 0 Å². The minimum atomic E-state index is 0.400. The molecule has 59 valence electrons. The average molecular weight is 141 g/mol. The molecular weight excluding hydrogens is 124 g/mol. The third-order valence-corrected chi connectivity index (χ3v) is 1.83. The van der Waals surface area contributed by atoms with Crippen molar-refractivity contribution in [2.45, 2.75) is 51.7 Å². The van der Waals surface area contributed by atoms with Crippen molar-refractivity contribution in [3.8, 4) is 0 Å². The molecule has 1 heteroatoms. The second kappa shape index (κ2) is 3.97. The Hall–Kier alpha value is -0.0400. The number of hydrogen-bond acceptors (Lipinski definition) is 1. The fraction of sp³-hybridized carbons (Fsp3) is 0.889. The van der Waals surface area contributed by atoms with Crippen molar-refractivity contribution in [3.63, 3.8) is 0 Å². The fourth-order valence-electron chi connectivity index (χ4n) is 1.42. The maximum Gasteiger partial charge on any atom is 0.0581 e. The van der Waals surface area contributed by atoms with Crippen LogP contribution in [0.25, 0.3) is 0 Å². The third-order valence-electron chi connectivity index (χ3n) is 1.83. The highest BCUT2D eigenvalue weighted by Gasteiger charge is 2.14. The van der Waals surface area contributed by atoms with Gasteiger partial charge in [0.1, 0.15) is 0 Å². The van der Waals surface area contributed by atoms with E-state index in [0.717, 1.165) is 6.42 Å². The molecule has 0 spiro atoms. The fourth-order valence-corrected chi connectivity index (χ4v) is 1.42. The zero-order chi connectivity index (χ0) is 7.40. The molecule has 1 unspecified atom stereocenters. The smallest absolute Gasteiger partial charge is 0.0581 e. The van der Waals surface area contributed by atoms with E-state index >= 15 is 0 Å². The summed E-state index contributed by atoms with van der Waals surface area (Å²) >= 11 is 0. The molecule has 1 radical (unpaired) electrons. The maximum absolute atomic E-state index is 5.66. The lowest BCUT2D eigenvalue weighted by atomic mass is 9.98. The molecule has 0 aromatic carbocycles. The van der Waals surface area contributed by atoms with Crippen LogP contribution in [0.3, 0.4) is 0 Å². The van der Waals surface area contributed by atoms with Gasteiger partial charge in [-0.15, -0.1) is 0 Å². The van der Waals surface area contributed by atoms with Gasteiger partial charge in [-0.05, 0) is 39.5 Å². The van der Waals surface area contributed by atoms with Crippen LogP contribution in [0.5, 0.6) is 0 Å². The van der Waals surface area contributed by atoms with E-state index in [1.807, 2.05) is 0 Å². The summed E-state index contributed by atoms with van der Waals surface area (Å²) in [6, 6.07) is 0. The molecule has 1 atom stereocenters. The van der Waals surface area contributed by atoms with Gasteiger partial charge in [-0.1, -0.05) is 6.42 Å². The lowest BCUT2D eigenvalue weighted by Gasteiger charge is -2.23. The summed E-state index contributed by atoms with van der Waals surface area (Å²) in [6.07, 6.45) is 8.30. The van der Waals surface area contributed by atoms with Crippen LogP contribution < -0.4 is 0 Å². The first-order valence-electron chi connectivity index (χ1n) is 4.26. The molecule has 0 aliphatic heterocycles. The Balaban J connectivity index is 2.13. The van der Waals surface area contributed by atoms with Crippen molar-refractivity contribution in [1.29, 1.82) is 0 Å². The number of rotatable bonds is 2. The van der Waals surface area contributed by atoms with Gasteiger partial charge >= 0.3 is 0 Å². The summed E-state index contributed by atoms with van der Waals surface area (Å²) in [5, 5.41) is 0. The predicted octanol–water partition coefficient (Wildman–Crippen LogP) is 2.56. The second-order valence-corrected chi connectivity index (χ2v) is 3.26. The quantitative estimate of drug-likeness (QED) is 0.574. The molecule has 0 heterocycles. The molecule has 0 saturated heterocycles. The minimum Gasteiger partial charge on any atom is -0.376 e. The predicted molar refractivity (Wildman–Crippen MR) is 42.8 cm³/mol. The van der Waals surface area contributed by atoms with Gasteiger partial charge in [-0.3, -0.25) is 0 Å². The van der Waals surface area contributed by atoms with Crippen LogP contribution in [-0.4, -0.2) is 12.2 Å². The van der Waals surface area contributed by atoms with E-state index in [9.17, 15) is 0 Å². The van der Waals surface area contributed by atoms with Crippen LogP contribution in [0.1, 0.15) is 39.5 Å². The zero-order valence-electron chi connectivity index (χ0n) is 6.97. The molecule has 1 aliphatic carbocycles. The third kappa shape index (κ3) is 2.70. The van der Waals surface area contributed by atoms with Gasteiger partial charge in [0.2, 0.25) is 0 Å². The number of ether oxygens (including phenoxy) is 1. The zero-order valence-corrected chi connectivity index (χ0v) is 6.97. The van der Waals surface area contributed by atoms with Gasteiger partial charge in [0, 0.05) is 0 Å². The van der Waals surface area contributed by atoms with Crippen molar-refractivity contribution in [1.82, 2.24) is 0 Å². The SMILES string of the molecule is CC(C)OC1C[CH]CCC1. The van der Waals surface area contributed by atoms with E-state index < -0.39 is 0 Å². The first-order chi connectivity index (χ1) is 4.79. The van der Waals surface area contributed by atoms with Crippen molar-refractivity contribution in [2.24, 2.45) is 0 Å². The van der Waals surface area contributed by atoms with Crippen LogP contribution in [0.2, 0.25) is 0 Å². The second-order valence-electron chi connectivity index (χ2n) is 3.26. The Morgan fingerprint density at radius 3 is 2.80 bits per heavy atom. The summed E-state index contributed by atoms with van der Waals surface area (Å²) in [5.74, 6) is 0. The Bertz CT molecular complexity index is 82.7. The average Bonchev–Trinajstić information content (AvgIpc) is 1.88.